The summed E-state index contributed by atoms with van der Waals surface area (Å²) in [6.45, 7) is -0.108. The molecule has 4 rings (SSSR count). The second-order valence-corrected chi connectivity index (χ2v) is 9.36. The molecule has 0 bridgehead atoms. The Labute approximate surface area is 169 Å². The molecule has 2 aromatic carbocycles. The highest BCUT2D eigenvalue weighted by molar-refractivity contribution is 7.92. The highest BCUT2D eigenvalue weighted by Gasteiger charge is 2.38. The number of carbonyl (C=O) groups is 1. The minimum Gasteiger partial charge on any atom is -0.476 e. The van der Waals surface area contributed by atoms with Gasteiger partial charge in [0.2, 0.25) is 0 Å². The summed E-state index contributed by atoms with van der Waals surface area (Å²) in [5.41, 5.74) is 0.335. The molecule has 28 heavy (non-hydrogen) atoms. The first-order valence-corrected chi connectivity index (χ1v) is 11.1. The Kier molecular flexibility index (Phi) is 5.21. The number of nitrogens with one attached hydrogen (secondary N) is 1. The van der Waals surface area contributed by atoms with Gasteiger partial charge in [0.1, 0.15) is 5.75 Å². The van der Waals surface area contributed by atoms with E-state index in [1.165, 1.54) is 16.4 Å². The first-order chi connectivity index (χ1) is 13.4. The van der Waals surface area contributed by atoms with Gasteiger partial charge in [-0.3, -0.25) is 9.10 Å². The summed E-state index contributed by atoms with van der Waals surface area (Å²) >= 11 is 6.09. The fourth-order valence-electron chi connectivity index (χ4n) is 3.67. The molecule has 0 saturated heterocycles. The van der Waals surface area contributed by atoms with Gasteiger partial charge in [-0.15, -0.1) is 0 Å². The highest BCUT2D eigenvalue weighted by Crippen LogP contribution is 2.38. The lowest BCUT2D eigenvalue weighted by Crippen LogP contribution is -2.52. The van der Waals surface area contributed by atoms with Crippen molar-refractivity contribution in [2.24, 2.45) is 0 Å². The third-order valence-electron chi connectivity index (χ3n) is 5.12. The fourth-order valence-corrected chi connectivity index (χ4v) is 5.33. The molecule has 1 saturated carbocycles. The van der Waals surface area contributed by atoms with Gasteiger partial charge >= 0.3 is 0 Å². The Balaban J connectivity index is 1.68. The van der Waals surface area contributed by atoms with Crippen LogP contribution >= 0.6 is 11.6 Å². The number of rotatable bonds is 4. The van der Waals surface area contributed by atoms with Crippen molar-refractivity contribution >= 4 is 33.2 Å². The van der Waals surface area contributed by atoms with Crippen molar-refractivity contribution < 1.29 is 17.9 Å². The molecule has 2 aliphatic rings. The van der Waals surface area contributed by atoms with E-state index in [1.54, 1.807) is 36.4 Å². The number of anilines is 1. The van der Waals surface area contributed by atoms with Gasteiger partial charge in [0, 0.05) is 11.1 Å². The number of fused-ring (bicyclic) bond motifs is 1. The lowest BCUT2D eigenvalue weighted by atomic mass is 10.2. The minimum absolute atomic E-state index is 0.108. The van der Waals surface area contributed by atoms with E-state index in [-0.39, 0.29) is 23.4 Å². The summed E-state index contributed by atoms with van der Waals surface area (Å²) in [5, 5.41) is 3.38. The van der Waals surface area contributed by atoms with Crippen molar-refractivity contribution in [2.75, 3.05) is 10.8 Å². The fraction of sp³-hybridized carbons (Fsp3) is 0.350. The monoisotopic (exact) mass is 420 g/mol. The third kappa shape index (κ3) is 3.69. The first kappa shape index (κ1) is 19.1. The van der Waals surface area contributed by atoms with E-state index in [2.05, 4.69) is 5.32 Å². The molecule has 1 fully saturated rings. The highest BCUT2D eigenvalue weighted by atomic mass is 35.5. The van der Waals surface area contributed by atoms with Crippen LogP contribution in [0.3, 0.4) is 0 Å². The molecule has 1 aliphatic carbocycles. The van der Waals surface area contributed by atoms with Crippen molar-refractivity contribution in [1.29, 1.82) is 0 Å². The predicted molar refractivity (Wildman–Crippen MR) is 107 cm³/mol. The van der Waals surface area contributed by atoms with E-state index in [1.807, 2.05) is 0 Å². The maximum absolute atomic E-state index is 13.3. The van der Waals surface area contributed by atoms with Crippen molar-refractivity contribution in [2.45, 2.75) is 42.7 Å². The molecule has 1 heterocycles. The Bertz CT molecular complexity index is 975. The molecule has 148 valence electrons. The predicted octanol–water partition coefficient (Wildman–Crippen LogP) is 3.36. The van der Waals surface area contributed by atoms with Gasteiger partial charge in [-0.2, -0.15) is 0 Å². The number of amides is 1. The second kappa shape index (κ2) is 7.64. The number of carbonyl (C=O) groups excluding carboxylic acids is 1. The van der Waals surface area contributed by atoms with E-state index in [9.17, 15) is 13.2 Å². The summed E-state index contributed by atoms with van der Waals surface area (Å²) in [4.78, 5) is 12.9. The van der Waals surface area contributed by atoms with Gasteiger partial charge in [-0.05, 0) is 43.2 Å². The van der Waals surface area contributed by atoms with Crippen molar-refractivity contribution in [3.8, 4) is 5.75 Å². The molecule has 1 amide bonds. The minimum atomic E-state index is -3.87. The van der Waals surface area contributed by atoms with E-state index >= 15 is 0 Å². The molecule has 1 atom stereocenters. The zero-order valence-electron chi connectivity index (χ0n) is 15.2. The molecule has 8 heteroatoms. The zero-order chi connectivity index (χ0) is 19.7. The number of sulfonamides is 1. The van der Waals surface area contributed by atoms with Crippen LogP contribution in [-0.4, -0.2) is 33.0 Å². The summed E-state index contributed by atoms with van der Waals surface area (Å²) < 4.78 is 33.6. The van der Waals surface area contributed by atoms with Crippen LogP contribution in [0.5, 0.6) is 5.75 Å². The third-order valence-corrected chi connectivity index (χ3v) is 7.14. The molecule has 0 unspecified atom stereocenters. The maximum Gasteiger partial charge on any atom is 0.264 e. The van der Waals surface area contributed by atoms with Gasteiger partial charge in [-0.25, -0.2) is 8.42 Å². The molecule has 1 N–H and O–H groups in total. The molecule has 6 nitrogen and oxygen atoms in total. The molecular formula is C20H21ClN2O4S. The Hall–Kier alpha value is -2.25. The van der Waals surface area contributed by atoms with Crippen LogP contribution in [0.2, 0.25) is 5.02 Å². The van der Waals surface area contributed by atoms with E-state index in [0.717, 1.165) is 25.7 Å². The van der Waals surface area contributed by atoms with E-state index in [0.29, 0.717) is 16.5 Å². The number of hydrogen-bond donors (Lipinski definition) is 1. The molecule has 1 aliphatic heterocycles. The smallest absolute Gasteiger partial charge is 0.264 e. The van der Waals surface area contributed by atoms with Gasteiger partial charge < -0.3 is 10.1 Å². The summed E-state index contributed by atoms with van der Waals surface area (Å²) in [6.07, 6.45) is 3.14. The largest absolute Gasteiger partial charge is 0.476 e. The lowest BCUT2D eigenvalue weighted by molar-refractivity contribution is -0.128. The lowest BCUT2D eigenvalue weighted by Gasteiger charge is -2.35. The zero-order valence-corrected chi connectivity index (χ0v) is 16.7. The number of ether oxygens (including phenoxy) is 1. The Morgan fingerprint density at radius 2 is 1.82 bits per heavy atom. The van der Waals surface area contributed by atoms with Crippen LogP contribution in [0.4, 0.5) is 5.69 Å². The molecule has 0 radical (unpaired) electrons. The van der Waals surface area contributed by atoms with Gasteiger partial charge in [0.15, 0.2) is 6.10 Å². The summed E-state index contributed by atoms with van der Waals surface area (Å²) in [5.74, 6) is 0.0301. The first-order valence-electron chi connectivity index (χ1n) is 9.29. The number of nitrogens with zero attached hydrogens (tertiary/aromatic N) is 1. The normalized spacial score (nSPS) is 19.8. The Morgan fingerprint density at radius 3 is 2.54 bits per heavy atom. The van der Waals surface area contributed by atoms with Crippen LogP contribution in [0.25, 0.3) is 0 Å². The second-order valence-electron chi connectivity index (χ2n) is 7.06. The number of hydrogen-bond acceptors (Lipinski definition) is 4. The SMILES string of the molecule is O=C(NC1CCCC1)[C@H]1CN(S(=O)(=O)c2ccccc2)c2cc(Cl)ccc2O1. The van der Waals surface area contributed by atoms with Crippen LogP contribution in [0.1, 0.15) is 25.7 Å². The molecule has 0 aromatic heterocycles. The average Bonchev–Trinajstić information content (AvgIpc) is 3.20. The van der Waals surface area contributed by atoms with Crippen molar-refractivity contribution in [3.05, 3.63) is 53.6 Å². The van der Waals surface area contributed by atoms with Crippen LogP contribution in [-0.2, 0) is 14.8 Å². The molecule has 2 aromatic rings. The Morgan fingerprint density at radius 1 is 1.11 bits per heavy atom. The standard InChI is InChI=1S/C20H21ClN2O4S/c21-14-10-11-18-17(12-14)23(28(25,26)16-8-2-1-3-9-16)13-19(27-18)20(24)22-15-6-4-5-7-15/h1-3,8-12,15,19H,4-7,13H2,(H,22,24)/t19-/m1/s1. The van der Waals surface area contributed by atoms with Crippen molar-refractivity contribution in [3.63, 3.8) is 0 Å². The van der Waals surface area contributed by atoms with Gasteiger partial charge in [-0.1, -0.05) is 42.6 Å². The van der Waals surface area contributed by atoms with Crippen LogP contribution < -0.4 is 14.4 Å². The number of benzene rings is 2. The average molecular weight is 421 g/mol. The van der Waals surface area contributed by atoms with Crippen LogP contribution in [0.15, 0.2) is 53.4 Å². The maximum atomic E-state index is 13.3. The quantitative estimate of drug-likeness (QED) is 0.822. The molecule has 0 spiro atoms. The van der Waals surface area contributed by atoms with Gasteiger partial charge in [0.05, 0.1) is 17.1 Å². The van der Waals surface area contributed by atoms with E-state index < -0.39 is 16.1 Å². The van der Waals surface area contributed by atoms with Gasteiger partial charge in [0.25, 0.3) is 15.9 Å². The number of halogens is 1. The van der Waals surface area contributed by atoms with E-state index in [4.69, 9.17) is 16.3 Å². The summed E-state index contributed by atoms with van der Waals surface area (Å²) in [6, 6.07) is 13.0. The van der Waals surface area contributed by atoms with Crippen LogP contribution in [0, 0.1) is 0 Å². The molecular weight excluding hydrogens is 400 g/mol. The summed E-state index contributed by atoms with van der Waals surface area (Å²) in [7, 11) is -3.87. The topological polar surface area (TPSA) is 75.7 Å². The van der Waals surface area contributed by atoms with Crippen molar-refractivity contribution in [1.82, 2.24) is 5.32 Å².